The van der Waals surface area contributed by atoms with E-state index in [1.807, 2.05) is 0 Å². The first-order valence-corrected chi connectivity index (χ1v) is 8.90. The fourth-order valence-electron chi connectivity index (χ4n) is 2.53. The second kappa shape index (κ2) is 12.7. The number of ether oxygens (including phenoxy) is 1. The molecule has 2 aromatic rings. The van der Waals surface area contributed by atoms with Gasteiger partial charge in [-0.15, -0.1) is 5.75 Å². The van der Waals surface area contributed by atoms with Gasteiger partial charge in [0.15, 0.2) is 11.5 Å². The van der Waals surface area contributed by atoms with Crippen LogP contribution in [0.3, 0.4) is 0 Å². The number of carbonyl (C=O) groups is 1. The molecule has 0 aromatic heterocycles. The fourth-order valence-corrected chi connectivity index (χ4v) is 2.53. The first kappa shape index (κ1) is 24.3. The van der Waals surface area contributed by atoms with Crippen LogP contribution < -0.4 is 28.7 Å². The molecule has 2 N–H and O–H groups in total. The predicted molar refractivity (Wildman–Crippen MR) is 106 cm³/mol. The summed E-state index contributed by atoms with van der Waals surface area (Å²) in [6.07, 6.45) is 4.54. The smallest absolute Gasteiger partial charge is 0.872 e. The van der Waals surface area contributed by atoms with E-state index in [2.05, 4.69) is 9.98 Å². The van der Waals surface area contributed by atoms with Crippen LogP contribution in [0.4, 0.5) is 0 Å². The number of aliphatic carboxylic acids is 1. The third-order valence-corrected chi connectivity index (χ3v) is 4.09. The van der Waals surface area contributed by atoms with Crippen molar-refractivity contribution in [2.75, 3.05) is 13.7 Å². The molecular formula is C21H23LiN2O5. The Kier molecular flexibility index (Phi) is 10.6. The molecule has 2 aromatic carbocycles. The summed E-state index contributed by atoms with van der Waals surface area (Å²) in [6, 6.07) is 10.7. The van der Waals surface area contributed by atoms with E-state index >= 15 is 0 Å². The zero-order valence-corrected chi connectivity index (χ0v) is 16.6. The Morgan fingerprint density at radius 1 is 1.14 bits per heavy atom. The molecule has 0 aliphatic rings. The van der Waals surface area contributed by atoms with Gasteiger partial charge in [0.2, 0.25) is 0 Å². The molecule has 0 heterocycles. The summed E-state index contributed by atoms with van der Waals surface area (Å²) in [5, 5.41) is 30.9. The van der Waals surface area contributed by atoms with Crippen molar-refractivity contribution in [2.24, 2.45) is 9.98 Å². The molecule has 1 atom stereocenters. The zero-order valence-electron chi connectivity index (χ0n) is 16.6. The Balaban J connectivity index is 0.00000420. The zero-order chi connectivity index (χ0) is 20.4. The maximum absolute atomic E-state index is 11.6. The van der Waals surface area contributed by atoms with Gasteiger partial charge in [0.25, 0.3) is 0 Å². The minimum Gasteiger partial charge on any atom is -0.872 e. The average molecular weight is 390 g/mol. The molecule has 0 amide bonds. The van der Waals surface area contributed by atoms with Crippen LogP contribution in [0.2, 0.25) is 0 Å². The van der Waals surface area contributed by atoms with Crippen molar-refractivity contribution in [2.45, 2.75) is 25.3 Å². The quantitative estimate of drug-likeness (QED) is 0.327. The van der Waals surface area contributed by atoms with Crippen molar-refractivity contribution in [1.29, 1.82) is 0 Å². The van der Waals surface area contributed by atoms with E-state index in [-0.39, 0.29) is 30.4 Å². The molecule has 0 spiro atoms. The molecule has 148 valence electrons. The van der Waals surface area contributed by atoms with Gasteiger partial charge in [0, 0.05) is 24.5 Å². The predicted octanol–water partition coefficient (Wildman–Crippen LogP) is -0.360. The number of nitrogens with zero attached hydrogens (tertiary/aromatic N) is 2. The molecule has 2 rings (SSSR count). The van der Waals surface area contributed by atoms with Crippen LogP contribution in [-0.2, 0) is 4.79 Å². The second-order valence-corrected chi connectivity index (χ2v) is 6.10. The first-order valence-electron chi connectivity index (χ1n) is 8.90. The summed E-state index contributed by atoms with van der Waals surface area (Å²) >= 11 is 0. The minimum absolute atomic E-state index is 0. The van der Waals surface area contributed by atoms with E-state index in [4.69, 9.17) is 4.74 Å². The van der Waals surface area contributed by atoms with E-state index < -0.39 is 12.0 Å². The topological polar surface area (TPSA) is 115 Å². The summed E-state index contributed by atoms with van der Waals surface area (Å²) < 4.78 is 5.02. The molecule has 0 radical (unpaired) electrons. The molecular weight excluding hydrogens is 367 g/mol. The Bertz CT molecular complexity index is 855. The van der Waals surface area contributed by atoms with E-state index in [1.54, 1.807) is 42.6 Å². The molecule has 8 heteroatoms. The van der Waals surface area contributed by atoms with Crippen molar-refractivity contribution >= 4 is 18.4 Å². The average Bonchev–Trinajstić information content (AvgIpc) is 2.68. The summed E-state index contributed by atoms with van der Waals surface area (Å²) in [7, 11) is 1.44. The van der Waals surface area contributed by atoms with Crippen molar-refractivity contribution in [3.05, 3.63) is 53.6 Å². The molecule has 7 nitrogen and oxygen atoms in total. The van der Waals surface area contributed by atoms with Crippen LogP contribution in [0.1, 0.15) is 30.4 Å². The van der Waals surface area contributed by atoms with Gasteiger partial charge in [-0.05, 0) is 37.0 Å². The SMILES string of the molecule is COc1cccc(C=NC(CCCCN=Cc2ccccc2[O-])C(=O)O)c1O.[Li+]. The Morgan fingerprint density at radius 3 is 2.55 bits per heavy atom. The number of carboxylic acids is 1. The van der Waals surface area contributed by atoms with Crippen molar-refractivity contribution in [3.8, 4) is 17.2 Å². The Morgan fingerprint density at radius 2 is 1.86 bits per heavy atom. The largest absolute Gasteiger partial charge is 1.00 e. The number of unbranched alkanes of at least 4 members (excludes halogenated alkanes) is 1. The Labute approximate surface area is 182 Å². The molecule has 29 heavy (non-hydrogen) atoms. The normalized spacial score (nSPS) is 12.0. The van der Waals surface area contributed by atoms with Crippen LogP contribution in [-0.4, -0.2) is 48.3 Å². The third kappa shape index (κ3) is 7.64. The molecule has 0 saturated heterocycles. The standard InChI is InChI=1S/C21H24N2O5.Li/c1-28-19-11-6-8-16(20(19)25)14-23-17(21(26)27)9-4-5-12-22-13-15-7-2-3-10-18(15)24;/h2-3,6-8,10-11,13-14,17,24-25H,4-5,9,12H2,1H3,(H,26,27);/q;+1/p-1. The van der Waals surface area contributed by atoms with Crippen LogP contribution in [0.5, 0.6) is 17.2 Å². The van der Waals surface area contributed by atoms with Gasteiger partial charge >= 0.3 is 24.8 Å². The number of benzene rings is 2. The van der Waals surface area contributed by atoms with Crippen molar-refractivity contribution < 1.29 is 43.7 Å². The Hall–Kier alpha value is -2.75. The maximum Gasteiger partial charge on any atom is 1.00 e. The number of rotatable bonds is 10. The van der Waals surface area contributed by atoms with Gasteiger partial charge < -0.3 is 20.1 Å². The molecule has 0 fully saturated rings. The number of para-hydroxylation sites is 2. The van der Waals surface area contributed by atoms with Crippen LogP contribution in [0.15, 0.2) is 52.4 Å². The molecule has 0 aliphatic heterocycles. The number of phenols is 1. The molecule has 0 aliphatic carbocycles. The molecule has 1 unspecified atom stereocenters. The monoisotopic (exact) mass is 390 g/mol. The number of hydrogen-bond donors (Lipinski definition) is 2. The van der Waals surface area contributed by atoms with E-state index in [1.165, 1.54) is 19.4 Å². The van der Waals surface area contributed by atoms with Gasteiger partial charge in [-0.3, -0.25) is 9.98 Å². The van der Waals surface area contributed by atoms with Crippen molar-refractivity contribution in [3.63, 3.8) is 0 Å². The summed E-state index contributed by atoms with van der Waals surface area (Å²) in [5.74, 6) is -0.881. The van der Waals surface area contributed by atoms with Crippen LogP contribution in [0, 0.1) is 0 Å². The van der Waals surface area contributed by atoms with Gasteiger partial charge in [-0.1, -0.05) is 30.3 Å². The maximum atomic E-state index is 11.6. The van der Waals surface area contributed by atoms with E-state index in [0.29, 0.717) is 42.7 Å². The number of aliphatic imine (C=N–C) groups is 2. The number of hydrogen-bond acceptors (Lipinski definition) is 6. The van der Waals surface area contributed by atoms with E-state index in [9.17, 15) is 20.1 Å². The van der Waals surface area contributed by atoms with E-state index in [0.717, 1.165) is 0 Å². The van der Waals surface area contributed by atoms with Gasteiger partial charge in [-0.25, -0.2) is 4.79 Å². The minimum atomic E-state index is -1.03. The second-order valence-electron chi connectivity index (χ2n) is 6.10. The van der Waals surface area contributed by atoms with Crippen LogP contribution in [0.25, 0.3) is 0 Å². The van der Waals surface area contributed by atoms with Gasteiger partial charge in [0.1, 0.15) is 6.04 Å². The number of aromatic hydroxyl groups is 1. The summed E-state index contributed by atoms with van der Waals surface area (Å²) in [4.78, 5) is 19.7. The van der Waals surface area contributed by atoms with Gasteiger partial charge in [-0.2, -0.15) is 0 Å². The number of phenolic OH excluding ortho intramolecular Hbond substituents is 1. The van der Waals surface area contributed by atoms with Crippen molar-refractivity contribution in [1.82, 2.24) is 0 Å². The fraction of sp³-hybridized carbons (Fsp3) is 0.286. The summed E-state index contributed by atoms with van der Waals surface area (Å²) in [6.45, 7) is 0.501. The van der Waals surface area contributed by atoms with Gasteiger partial charge in [0.05, 0.1) is 7.11 Å². The molecule has 0 bridgehead atoms. The first-order chi connectivity index (χ1) is 13.5. The molecule has 0 saturated carbocycles. The van der Waals surface area contributed by atoms with Crippen LogP contribution >= 0.6 is 0 Å². The third-order valence-electron chi connectivity index (χ3n) is 4.09. The summed E-state index contributed by atoms with van der Waals surface area (Å²) in [5.41, 5.74) is 0.931. The number of carboxylic acid groups (broad SMARTS) is 1. The number of methoxy groups -OCH3 is 1.